The second-order valence-electron chi connectivity index (χ2n) is 10.4. The van der Waals surface area contributed by atoms with Gasteiger partial charge in [-0.15, -0.1) is 0 Å². The van der Waals surface area contributed by atoms with Gasteiger partial charge in [-0.2, -0.15) is 0 Å². The first-order valence-electron chi connectivity index (χ1n) is 11.0. The highest BCUT2D eigenvalue weighted by Crippen LogP contribution is 2.70. The van der Waals surface area contributed by atoms with E-state index in [4.69, 9.17) is 4.74 Å². The number of fused-ring (bicyclic) bond motifs is 5. The number of alkyl halides is 1. The Balaban J connectivity index is 1.76. The van der Waals surface area contributed by atoms with Crippen molar-refractivity contribution < 1.29 is 33.7 Å². The van der Waals surface area contributed by atoms with Crippen molar-refractivity contribution in [1.29, 1.82) is 0 Å². The van der Waals surface area contributed by atoms with Gasteiger partial charge < -0.3 is 14.9 Å². The van der Waals surface area contributed by atoms with Gasteiger partial charge in [0.15, 0.2) is 18.1 Å². The van der Waals surface area contributed by atoms with Crippen LogP contribution >= 0.6 is 0 Å². The molecule has 4 aliphatic carbocycles. The SMILES string of the molecule is CC(=O)OCC(=O)[C@@]1(O)[C@H](C)CC2C3CCC4=CC(=O)C=C[C@]4(C)[C@@]3(F)C(O)C[C@@]21C. The molecule has 0 bridgehead atoms. The maximum Gasteiger partial charge on any atom is 0.303 e. The Morgan fingerprint density at radius 3 is 2.61 bits per heavy atom. The van der Waals surface area contributed by atoms with Crippen LogP contribution in [0.25, 0.3) is 0 Å². The summed E-state index contributed by atoms with van der Waals surface area (Å²) in [5, 5.41) is 22.9. The van der Waals surface area contributed by atoms with E-state index in [1.807, 2.05) is 0 Å². The highest BCUT2D eigenvalue weighted by molar-refractivity contribution is 6.01. The lowest BCUT2D eigenvalue weighted by Crippen LogP contribution is -2.69. The van der Waals surface area contributed by atoms with Crippen LogP contribution in [0.2, 0.25) is 0 Å². The average molecular weight is 435 g/mol. The minimum Gasteiger partial charge on any atom is -0.458 e. The maximum atomic E-state index is 17.0. The summed E-state index contributed by atoms with van der Waals surface area (Å²) in [5.41, 5.74) is -5.33. The van der Waals surface area contributed by atoms with Crippen LogP contribution in [0.4, 0.5) is 4.39 Å². The molecule has 0 saturated heterocycles. The number of ketones is 2. The van der Waals surface area contributed by atoms with Crippen molar-refractivity contribution in [2.24, 2.45) is 28.6 Å². The van der Waals surface area contributed by atoms with Crippen LogP contribution in [0.1, 0.15) is 53.4 Å². The van der Waals surface area contributed by atoms with E-state index in [1.54, 1.807) is 26.8 Å². The second-order valence-corrected chi connectivity index (χ2v) is 10.4. The molecule has 3 unspecified atom stereocenters. The van der Waals surface area contributed by atoms with E-state index in [0.29, 0.717) is 24.8 Å². The number of esters is 1. The molecule has 4 rings (SSSR count). The fourth-order valence-electron chi connectivity index (χ4n) is 7.42. The van der Waals surface area contributed by atoms with Crippen LogP contribution in [0.3, 0.4) is 0 Å². The van der Waals surface area contributed by atoms with E-state index >= 15 is 4.39 Å². The molecule has 0 aliphatic heterocycles. The number of aliphatic hydroxyl groups is 2. The summed E-state index contributed by atoms with van der Waals surface area (Å²) in [7, 11) is 0. The molecule has 3 fully saturated rings. The monoisotopic (exact) mass is 434 g/mol. The molecule has 170 valence electrons. The van der Waals surface area contributed by atoms with Crippen molar-refractivity contribution in [2.45, 2.75) is 70.8 Å². The molecule has 0 aromatic carbocycles. The second kappa shape index (κ2) is 6.82. The fraction of sp³-hybridized carbons (Fsp3) is 0.708. The van der Waals surface area contributed by atoms with Gasteiger partial charge in [0, 0.05) is 23.7 Å². The van der Waals surface area contributed by atoms with Gasteiger partial charge in [0.1, 0.15) is 5.60 Å². The Morgan fingerprint density at radius 1 is 1.29 bits per heavy atom. The Kier molecular flexibility index (Phi) is 4.91. The zero-order chi connectivity index (χ0) is 23.0. The topological polar surface area (TPSA) is 101 Å². The van der Waals surface area contributed by atoms with E-state index in [0.717, 1.165) is 0 Å². The zero-order valence-electron chi connectivity index (χ0n) is 18.5. The van der Waals surface area contributed by atoms with Gasteiger partial charge in [-0.1, -0.05) is 25.5 Å². The van der Waals surface area contributed by atoms with Gasteiger partial charge in [0.2, 0.25) is 5.78 Å². The van der Waals surface area contributed by atoms with Crippen molar-refractivity contribution >= 4 is 17.5 Å². The van der Waals surface area contributed by atoms with E-state index in [2.05, 4.69) is 0 Å². The quantitative estimate of drug-likeness (QED) is 0.662. The van der Waals surface area contributed by atoms with Crippen LogP contribution in [0.5, 0.6) is 0 Å². The number of halogens is 1. The lowest BCUT2D eigenvalue weighted by atomic mass is 9.44. The van der Waals surface area contributed by atoms with Gasteiger partial charge in [0.25, 0.3) is 0 Å². The smallest absolute Gasteiger partial charge is 0.303 e. The van der Waals surface area contributed by atoms with Crippen LogP contribution in [-0.2, 0) is 19.1 Å². The van der Waals surface area contributed by atoms with Gasteiger partial charge in [-0.3, -0.25) is 14.4 Å². The Bertz CT molecular complexity index is 910. The molecule has 7 heteroatoms. The van der Waals surface area contributed by atoms with E-state index in [1.165, 1.54) is 19.1 Å². The van der Waals surface area contributed by atoms with Gasteiger partial charge >= 0.3 is 5.97 Å². The Labute approximate surface area is 181 Å². The predicted octanol–water partition coefficient (Wildman–Crippen LogP) is 2.47. The standard InChI is InChI=1S/C24H31FO6/c1-13-9-18-17-6-5-15-10-16(27)7-8-21(15,3)23(17,25)19(28)11-22(18,4)24(13,30)20(29)12-31-14(2)26/h7-8,10,13,17-19,28,30H,5-6,9,11-12H2,1-4H3/t13-,17?,18?,19?,21+,22+,23+,24+/m1/s1. The summed E-state index contributed by atoms with van der Waals surface area (Å²) in [6.07, 6.45) is 4.29. The first-order chi connectivity index (χ1) is 14.3. The van der Waals surface area contributed by atoms with Crippen LogP contribution in [-0.4, -0.2) is 51.7 Å². The molecule has 8 atom stereocenters. The van der Waals surface area contributed by atoms with Gasteiger partial charge in [-0.05, 0) is 56.6 Å². The summed E-state index contributed by atoms with van der Waals surface area (Å²) >= 11 is 0. The highest BCUT2D eigenvalue weighted by Gasteiger charge is 2.75. The molecular formula is C24H31FO6. The third-order valence-electron chi connectivity index (χ3n) is 9.05. The lowest BCUT2D eigenvalue weighted by Gasteiger charge is -2.62. The average Bonchev–Trinajstić information content (AvgIpc) is 2.89. The number of rotatable bonds is 3. The van der Waals surface area contributed by atoms with Gasteiger partial charge in [0.05, 0.1) is 6.10 Å². The lowest BCUT2D eigenvalue weighted by molar-refractivity contribution is -0.219. The van der Waals surface area contributed by atoms with Crippen molar-refractivity contribution in [3.8, 4) is 0 Å². The molecule has 0 heterocycles. The number of allylic oxidation sites excluding steroid dienone is 4. The molecule has 4 aliphatic rings. The van der Waals surface area contributed by atoms with Crippen LogP contribution in [0, 0.1) is 28.6 Å². The van der Waals surface area contributed by atoms with Crippen molar-refractivity contribution in [1.82, 2.24) is 0 Å². The Hall–Kier alpha value is -1.86. The van der Waals surface area contributed by atoms with Crippen molar-refractivity contribution in [3.63, 3.8) is 0 Å². The third-order valence-corrected chi connectivity index (χ3v) is 9.05. The van der Waals surface area contributed by atoms with Crippen molar-refractivity contribution in [3.05, 3.63) is 23.8 Å². The largest absolute Gasteiger partial charge is 0.458 e. The summed E-state index contributed by atoms with van der Waals surface area (Å²) < 4.78 is 21.9. The normalized spacial score (nSPS) is 48.4. The number of hydrogen-bond acceptors (Lipinski definition) is 6. The molecule has 31 heavy (non-hydrogen) atoms. The zero-order valence-corrected chi connectivity index (χ0v) is 18.5. The molecule has 0 aromatic rings. The molecular weight excluding hydrogens is 403 g/mol. The first-order valence-corrected chi connectivity index (χ1v) is 11.0. The molecule has 0 spiro atoms. The molecule has 2 N–H and O–H groups in total. The first kappa shape index (κ1) is 22.3. The molecule has 3 saturated carbocycles. The van der Waals surface area contributed by atoms with Crippen LogP contribution < -0.4 is 0 Å². The van der Waals surface area contributed by atoms with E-state index in [-0.39, 0.29) is 18.1 Å². The number of carbonyl (C=O) groups excluding carboxylic acids is 3. The van der Waals surface area contributed by atoms with Crippen LogP contribution in [0.15, 0.2) is 23.8 Å². The highest BCUT2D eigenvalue weighted by atomic mass is 19.1. The summed E-state index contributed by atoms with van der Waals surface area (Å²) in [6.45, 7) is 5.89. The Morgan fingerprint density at radius 2 is 1.97 bits per heavy atom. The number of hydrogen-bond donors (Lipinski definition) is 2. The fourth-order valence-corrected chi connectivity index (χ4v) is 7.42. The minimum absolute atomic E-state index is 0.0953. The number of ether oxygens (including phenoxy) is 1. The van der Waals surface area contributed by atoms with Gasteiger partial charge in [-0.25, -0.2) is 4.39 Å². The molecule has 0 radical (unpaired) electrons. The summed E-state index contributed by atoms with van der Waals surface area (Å²) in [4.78, 5) is 36.2. The molecule has 0 aromatic heterocycles. The van der Waals surface area contributed by atoms with Crippen molar-refractivity contribution in [2.75, 3.05) is 6.61 Å². The minimum atomic E-state index is -2.01. The number of Topliss-reactive ketones (excluding diaryl/α,β-unsaturated/α-hetero) is 1. The molecule has 0 amide bonds. The van der Waals surface area contributed by atoms with E-state index in [9.17, 15) is 24.6 Å². The molecule has 6 nitrogen and oxygen atoms in total. The number of aliphatic hydroxyl groups excluding tert-OH is 1. The number of carbonyl (C=O) groups is 3. The summed E-state index contributed by atoms with van der Waals surface area (Å²) in [5.74, 6) is -2.80. The summed E-state index contributed by atoms with van der Waals surface area (Å²) in [6, 6.07) is 0. The predicted molar refractivity (Wildman–Crippen MR) is 109 cm³/mol. The van der Waals surface area contributed by atoms with E-state index < -0.39 is 58.4 Å². The maximum absolute atomic E-state index is 17.0. The third kappa shape index (κ3) is 2.65.